The van der Waals surface area contributed by atoms with E-state index in [4.69, 9.17) is 4.74 Å². The molecule has 0 aliphatic carbocycles. The zero-order chi connectivity index (χ0) is 29.9. The average molecular weight is 576 g/mol. The third kappa shape index (κ3) is 6.86. The number of anilines is 1. The molecule has 2 saturated heterocycles. The summed E-state index contributed by atoms with van der Waals surface area (Å²) in [6.07, 6.45) is 3.19. The van der Waals surface area contributed by atoms with Crippen LogP contribution >= 0.6 is 0 Å². The monoisotopic (exact) mass is 575 g/mol. The van der Waals surface area contributed by atoms with E-state index < -0.39 is 17.6 Å². The minimum atomic E-state index is -0.740. The number of hydrogen-bond donors (Lipinski definition) is 2. The number of fused-ring (bicyclic) bond motifs is 1. The van der Waals surface area contributed by atoms with Crippen LogP contribution in [0.2, 0.25) is 0 Å². The highest BCUT2D eigenvalue weighted by Crippen LogP contribution is 2.32. The van der Waals surface area contributed by atoms with Gasteiger partial charge in [-0.15, -0.1) is 0 Å². The number of ether oxygens (including phenoxy) is 1. The molecule has 2 atom stereocenters. The summed E-state index contributed by atoms with van der Waals surface area (Å²) in [4.78, 5) is 58.0. The first kappa shape index (κ1) is 29.4. The highest BCUT2D eigenvalue weighted by atomic mass is 16.6. The van der Waals surface area contributed by atoms with E-state index in [0.717, 1.165) is 16.8 Å². The normalized spacial score (nSPS) is 21.7. The van der Waals surface area contributed by atoms with Crippen molar-refractivity contribution in [1.82, 2.24) is 20.0 Å². The van der Waals surface area contributed by atoms with E-state index in [9.17, 15) is 19.2 Å². The molecule has 10 nitrogen and oxygen atoms in total. The van der Waals surface area contributed by atoms with Crippen LogP contribution in [-0.4, -0.2) is 76.0 Å². The number of hydrogen-bond acceptors (Lipinski definition) is 5. The fraction of sp³-hybridized carbons (Fsp3) is 0.500. The average Bonchev–Trinajstić information content (AvgIpc) is 3.10. The molecule has 0 bridgehead atoms. The number of amides is 5. The number of benzene rings is 2. The molecule has 0 spiro atoms. The van der Waals surface area contributed by atoms with Crippen molar-refractivity contribution >= 4 is 29.6 Å². The second-order valence-electron chi connectivity index (χ2n) is 12.3. The van der Waals surface area contributed by atoms with Crippen LogP contribution in [0, 0.1) is 0 Å². The van der Waals surface area contributed by atoms with Crippen LogP contribution < -0.4 is 10.6 Å². The quantitative estimate of drug-likeness (QED) is 0.504. The van der Waals surface area contributed by atoms with Gasteiger partial charge in [0.15, 0.2) is 0 Å². The van der Waals surface area contributed by atoms with E-state index in [1.165, 1.54) is 0 Å². The Kier molecular flexibility index (Phi) is 8.70. The first-order valence-corrected chi connectivity index (χ1v) is 14.9. The summed E-state index contributed by atoms with van der Waals surface area (Å²) in [5.74, 6) is -0.755. The number of nitrogens with zero attached hydrogens (tertiary/aromatic N) is 3. The van der Waals surface area contributed by atoms with Gasteiger partial charge in [0.25, 0.3) is 0 Å². The maximum Gasteiger partial charge on any atom is 0.326 e. The predicted octanol–water partition coefficient (Wildman–Crippen LogP) is 4.67. The van der Waals surface area contributed by atoms with Crippen molar-refractivity contribution in [1.29, 1.82) is 0 Å². The zero-order valence-corrected chi connectivity index (χ0v) is 24.7. The Balaban J connectivity index is 1.22. The number of urea groups is 2. The molecular formula is C32H41N5O5. The van der Waals surface area contributed by atoms with Gasteiger partial charge in [0.05, 0.1) is 6.04 Å². The lowest BCUT2D eigenvalue weighted by Crippen LogP contribution is -2.56. The predicted molar refractivity (Wildman–Crippen MR) is 159 cm³/mol. The van der Waals surface area contributed by atoms with E-state index in [-0.39, 0.29) is 36.6 Å². The molecule has 0 radical (unpaired) electrons. The van der Waals surface area contributed by atoms with E-state index in [2.05, 4.69) is 10.6 Å². The Hall–Kier alpha value is -4.08. The fourth-order valence-corrected chi connectivity index (χ4v) is 6.14. The SMILES string of the molecule is CC(C)(C)OC(=O)CN1C(=O)[C@H](NC(=O)N2CCC(N3Cc4ccccc4NC3=O)CC2)CCC[C@@H]1c1ccccc1. The molecule has 3 heterocycles. The van der Waals surface area contributed by atoms with Crippen molar-refractivity contribution in [3.63, 3.8) is 0 Å². The molecule has 0 unspecified atom stereocenters. The summed E-state index contributed by atoms with van der Waals surface area (Å²) < 4.78 is 5.55. The van der Waals surface area contributed by atoms with Gasteiger partial charge < -0.3 is 30.1 Å². The van der Waals surface area contributed by atoms with Crippen LogP contribution in [0.3, 0.4) is 0 Å². The van der Waals surface area contributed by atoms with Crippen molar-refractivity contribution < 1.29 is 23.9 Å². The first-order chi connectivity index (χ1) is 20.1. The molecule has 42 heavy (non-hydrogen) atoms. The Morgan fingerprint density at radius 2 is 1.64 bits per heavy atom. The topological polar surface area (TPSA) is 111 Å². The van der Waals surface area contributed by atoms with Crippen LogP contribution in [0.1, 0.15) is 70.0 Å². The second kappa shape index (κ2) is 12.4. The number of carbonyl (C=O) groups excluding carboxylic acids is 4. The van der Waals surface area contributed by atoms with Gasteiger partial charge in [-0.1, -0.05) is 48.5 Å². The summed E-state index contributed by atoms with van der Waals surface area (Å²) in [5, 5.41) is 5.94. The maximum atomic E-state index is 13.9. The van der Waals surface area contributed by atoms with E-state index in [1.54, 1.807) is 30.6 Å². The van der Waals surface area contributed by atoms with Gasteiger partial charge in [-0.05, 0) is 70.1 Å². The van der Waals surface area contributed by atoms with Gasteiger partial charge in [-0.3, -0.25) is 9.59 Å². The molecule has 3 aliphatic rings. The Morgan fingerprint density at radius 1 is 0.952 bits per heavy atom. The van der Waals surface area contributed by atoms with Crippen molar-refractivity contribution in [2.75, 3.05) is 25.0 Å². The summed E-state index contributed by atoms with van der Waals surface area (Å²) in [7, 11) is 0. The lowest BCUT2D eigenvalue weighted by atomic mass is 10.0. The molecule has 0 saturated carbocycles. The molecule has 3 aliphatic heterocycles. The Morgan fingerprint density at radius 3 is 2.36 bits per heavy atom. The summed E-state index contributed by atoms with van der Waals surface area (Å²) in [6.45, 7) is 6.72. The maximum absolute atomic E-state index is 13.9. The first-order valence-electron chi connectivity index (χ1n) is 14.9. The number of carbonyl (C=O) groups is 4. The van der Waals surface area contributed by atoms with E-state index in [0.29, 0.717) is 51.7 Å². The highest BCUT2D eigenvalue weighted by Gasteiger charge is 2.38. The lowest BCUT2D eigenvalue weighted by molar-refractivity contribution is -0.160. The highest BCUT2D eigenvalue weighted by molar-refractivity contribution is 5.92. The van der Waals surface area contributed by atoms with Crippen molar-refractivity contribution in [3.8, 4) is 0 Å². The molecule has 5 amide bonds. The van der Waals surface area contributed by atoms with Crippen molar-refractivity contribution in [3.05, 3.63) is 65.7 Å². The number of piperidine rings is 1. The number of para-hydroxylation sites is 1. The molecule has 0 aromatic heterocycles. The van der Waals surface area contributed by atoms with Crippen LogP contribution in [-0.2, 0) is 20.9 Å². The van der Waals surface area contributed by atoms with Crippen molar-refractivity contribution in [2.24, 2.45) is 0 Å². The van der Waals surface area contributed by atoms with Crippen LogP contribution in [0.25, 0.3) is 0 Å². The minimum Gasteiger partial charge on any atom is -0.459 e. The molecule has 224 valence electrons. The number of likely N-dealkylation sites (tertiary alicyclic amines) is 2. The number of esters is 1. The molecule has 2 aromatic carbocycles. The van der Waals surface area contributed by atoms with Gasteiger partial charge in [0.1, 0.15) is 18.2 Å². The third-order valence-electron chi connectivity index (χ3n) is 8.18. The zero-order valence-electron chi connectivity index (χ0n) is 24.7. The lowest BCUT2D eigenvalue weighted by Gasteiger charge is -2.40. The smallest absolute Gasteiger partial charge is 0.326 e. The Labute approximate surface area is 247 Å². The van der Waals surface area contributed by atoms with Gasteiger partial charge in [-0.2, -0.15) is 0 Å². The molecule has 2 aromatic rings. The minimum absolute atomic E-state index is 0.0258. The van der Waals surface area contributed by atoms with Gasteiger partial charge in [-0.25, -0.2) is 9.59 Å². The van der Waals surface area contributed by atoms with Crippen LogP contribution in [0.5, 0.6) is 0 Å². The van der Waals surface area contributed by atoms with E-state index in [1.807, 2.05) is 59.5 Å². The van der Waals surface area contributed by atoms with E-state index >= 15 is 0 Å². The van der Waals surface area contributed by atoms with Crippen LogP contribution in [0.15, 0.2) is 54.6 Å². The largest absolute Gasteiger partial charge is 0.459 e. The number of nitrogens with one attached hydrogen (secondary N) is 2. The molecular weight excluding hydrogens is 534 g/mol. The molecule has 5 rings (SSSR count). The molecule has 2 N–H and O–H groups in total. The van der Waals surface area contributed by atoms with Crippen molar-refractivity contribution in [2.45, 2.75) is 83.1 Å². The van der Waals surface area contributed by atoms with Gasteiger partial charge in [0, 0.05) is 31.4 Å². The van der Waals surface area contributed by atoms with Gasteiger partial charge in [0.2, 0.25) is 5.91 Å². The van der Waals surface area contributed by atoms with Gasteiger partial charge >= 0.3 is 18.0 Å². The Bertz CT molecular complexity index is 1300. The molecule has 10 heteroatoms. The second-order valence-corrected chi connectivity index (χ2v) is 12.3. The summed E-state index contributed by atoms with van der Waals surface area (Å²) >= 11 is 0. The number of rotatable bonds is 5. The molecule has 2 fully saturated rings. The standard InChI is InChI=1S/C32H41N5O5/c1-32(2,3)42-28(38)21-37-27(22-10-5-4-6-11-22)15-9-14-26(29(37)39)34-30(40)35-18-16-24(17-19-35)36-20-23-12-7-8-13-25(23)33-31(36)41/h4-8,10-13,24,26-27H,9,14-21H2,1-3H3,(H,33,41)(H,34,40)/t26-,27-/m1/s1. The summed E-state index contributed by atoms with van der Waals surface area (Å²) in [5.41, 5.74) is 2.20. The van der Waals surface area contributed by atoms with Crippen LogP contribution in [0.4, 0.5) is 15.3 Å². The summed E-state index contributed by atoms with van der Waals surface area (Å²) in [6, 6.07) is 16.1. The fourth-order valence-electron chi connectivity index (χ4n) is 6.14. The third-order valence-corrected chi connectivity index (χ3v) is 8.18.